The zero-order valence-electron chi connectivity index (χ0n) is 14.8. The topological polar surface area (TPSA) is 44.8 Å². The Morgan fingerprint density at radius 3 is 2.28 bits per heavy atom. The van der Waals surface area contributed by atoms with Crippen LogP contribution in [0.5, 0.6) is 0 Å². The number of benzene rings is 2. The number of aryl methyl sites for hydroxylation is 1. The van der Waals surface area contributed by atoms with Crippen LogP contribution in [0.15, 0.2) is 48.5 Å². The van der Waals surface area contributed by atoms with Crippen LogP contribution in [0.1, 0.15) is 41.9 Å². The van der Waals surface area contributed by atoms with Crippen molar-refractivity contribution in [1.82, 2.24) is 0 Å². The molecule has 5 heteroatoms. The Hall–Kier alpha value is -1.87. The molecule has 1 unspecified atom stereocenters. The standard InChI is InChI=1S/C20H23O4P/c1-4-22-25(21,23-5-2)20-18-9-7-6-8-17(18)14-19(24-20)16-12-10-15(3)11-13-16/h6-14,20H,4-5H2,1-3H3. The summed E-state index contributed by atoms with van der Waals surface area (Å²) in [5.41, 5.74) is 3.90. The Bertz CT molecular complexity index is 801. The van der Waals surface area contributed by atoms with Gasteiger partial charge in [0.15, 0.2) is 0 Å². The summed E-state index contributed by atoms with van der Waals surface area (Å²) in [6.07, 6.45) is 1.97. The Kier molecular flexibility index (Phi) is 5.43. The van der Waals surface area contributed by atoms with Crippen molar-refractivity contribution in [3.05, 3.63) is 70.8 Å². The first kappa shape index (κ1) is 17.9. The zero-order chi connectivity index (χ0) is 17.9. The maximum absolute atomic E-state index is 13.4. The van der Waals surface area contributed by atoms with Gasteiger partial charge in [-0.05, 0) is 32.4 Å². The largest absolute Gasteiger partial charge is 0.472 e. The van der Waals surface area contributed by atoms with E-state index in [1.807, 2.05) is 61.5 Å². The third-order valence-corrected chi connectivity index (χ3v) is 6.22. The van der Waals surface area contributed by atoms with Gasteiger partial charge in [0.2, 0.25) is 5.85 Å². The molecule has 0 N–H and O–H groups in total. The molecule has 4 nitrogen and oxygen atoms in total. The van der Waals surface area contributed by atoms with E-state index in [-0.39, 0.29) is 0 Å². The van der Waals surface area contributed by atoms with Gasteiger partial charge in [0, 0.05) is 11.1 Å². The molecule has 0 radical (unpaired) electrons. The molecule has 0 fully saturated rings. The maximum atomic E-state index is 13.4. The molecule has 0 amide bonds. The highest BCUT2D eigenvalue weighted by molar-refractivity contribution is 7.54. The van der Waals surface area contributed by atoms with E-state index in [2.05, 4.69) is 0 Å². The van der Waals surface area contributed by atoms with E-state index in [0.717, 1.165) is 16.7 Å². The molecule has 1 aliphatic rings. The van der Waals surface area contributed by atoms with E-state index >= 15 is 0 Å². The highest BCUT2D eigenvalue weighted by Gasteiger charge is 2.42. The molecule has 0 saturated carbocycles. The number of ether oxygens (including phenoxy) is 1. The van der Waals surface area contributed by atoms with Crippen molar-refractivity contribution in [2.75, 3.05) is 13.2 Å². The third-order valence-electron chi connectivity index (χ3n) is 4.03. The van der Waals surface area contributed by atoms with Crippen molar-refractivity contribution in [3.63, 3.8) is 0 Å². The number of hydrogen-bond donors (Lipinski definition) is 0. The molecular formula is C20H23O4P. The SMILES string of the molecule is CCOP(=O)(OCC)C1OC(c2ccc(C)cc2)=Cc2ccccc21. The Balaban J connectivity index is 2.07. The van der Waals surface area contributed by atoms with Gasteiger partial charge in [-0.2, -0.15) is 0 Å². The summed E-state index contributed by atoms with van der Waals surface area (Å²) in [6.45, 7) is 6.23. The van der Waals surface area contributed by atoms with Gasteiger partial charge in [0.05, 0.1) is 13.2 Å². The summed E-state index contributed by atoms with van der Waals surface area (Å²) in [7, 11) is -3.46. The number of hydrogen-bond acceptors (Lipinski definition) is 4. The summed E-state index contributed by atoms with van der Waals surface area (Å²) in [6, 6.07) is 15.8. The Morgan fingerprint density at radius 1 is 1.00 bits per heavy atom. The second kappa shape index (κ2) is 7.57. The van der Waals surface area contributed by atoms with Crippen LogP contribution in [0.25, 0.3) is 11.8 Å². The molecule has 132 valence electrons. The summed E-state index contributed by atoms with van der Waals surface area (Å²) >= 11 is 0. The molecule has 0 bridgehead atoms. The lowest BCUT2D eigenvalue weighted by Crippen LogP contribution is -2.14. The van der Waals surface area contributed by atoms with Crippen molar-refractivity contribution in [1.29, 1.82) is 0 Å². The van der Waals surface area contributed by atoms with E-state index in [4.69, 9.17) is 13.8 Å². The Morgan fingerprint density at radius 2 is 1.64 bits per heavy atom. The first-order valence-electron chi connectivity index (χ1n) is 8.50. The Labute approximate surface area is 149 Å². The molecule has 25 heavy (non-hydrogen) atoms. The predicted molar refractivity (Wildman–Crippen MR) is 100 cm³/mol. The van der Waals surface area contributed by atoms with Gasteiger partial charge in [-0.3, -0.25) is 4.57 Å². The van der Waals surface area contributed by atoms with Gasteiger partial charge < -0.3 is 13.8 Å². The molecule has 0 aliphatic carbocycles. The van der Waals surface area contributed by atoms with Crippen molar-refractivity contribution in [3.8, 4) is 0 Å². The third kappa shape index (κ3) is 3.72. The van der Waals surface area contributed by atoms with E-state index < -0.39 is 13.4 Å². The highest BCUT2D eigenvalue weighted by Crippen LogP contribution is 2.64. The minimum atomic E-state index is -3.46. The molecule has 0 spiro atoms. The lowest BCUT2D eigenvalue weighted by molar-refractivity contribution is 0.146. The van der Waals surface area contributed by atoms with Gasteiger partial charge in [0.1, 0.15) is 5.76 Å². The minimum absolute atomic E-state index is 0.295. The van der Waals surface area contributed by atoms with Crippen LogP contribution >= 0.6 is 7.60 Å². The van der Waals surface area contributed by atoms with Crippen LogP contribution in [0.2, 0.25) is 0 Å². The first-order valence-corrected chi connectivity index (χ1v) is 10.1. The fourth-order valence-electron chi connectivity index (χ4n) is 2.86. The van der Waals surface area contributed by atoms with E-state index in [9.17, 15) is 4.57 Å². The van der Waals surface area contributed by atoms with Crippen molar-refractivity contribution in [2.45, 2.75) is 26.6 Å². The van der Waals surface area contributed by atoms with Crippen molar-refractivity contribution >= 4 is 19.4 Å². The first-order chi connectivity index (χ1) is 12.1. The van der Waals surface area contributed by atoms with E-state index in [1.165, 1.54) is 5.56 Å². The number of fused-ring (bicyclic) bond motifs is 1. The molecule has 1 heterocycles. The van der Waals surface area contributed by atoms with Crippen molar-refractivity contribution < 1.29 is 18.3 Å². The molecule has 1 atom stereocenters. The van der Waals surface area contributed by atoms with E-state index in [0.29, 0.717) is 19.0 Å². The molecule has 2 aromatic rings. The van der Waals surface area contributed by atoms with Gasteiger partial charge in [-0.15, -0.1) is 0 Å². The summed E-state index contributed by atoms with van der Waals surface area (Å²) in [5.74, 6) is -0.103. The van der Waals surface area contributed by atoms with Gasteiger partial charge in [-0.25, -0.2) is 0 Å². The fraction of sp³-hybridized carbons (Fsp3) is 0.300. The average molecular weight is 358 g/mol. The second-order valence-electron chi connectivity index (χ2n) is 5.85. The van der Waals surface area contributed by atoms with Crippen LogP contribution in [-0.2, 0) is 18.3 Å². The molecule has 2 aromatic carbocycles. The highest BCUT2D eigenvalue weighted by atomic mass is 31.2. The van der Waals surface area contributed by atoms with Crippen molar-refractivity contribution in [2.24, 2.45) is 0 Å². The average Bonchev–Trinajstić information content (AvgIpc) is 2.62. The second-order valence-corrected chi connectivity index (χ2v) is 7.91. The molecule has 0 saturated heterocycles. The zero-order valence-corrected chi connectivity index (χ0v) is 15.7. The molecule has 1 aliphatic heterocycles. The van der Waals surface area contributed by atoms with Gasteiger partial charge in [0.25, 0.3) is 0 Å². The number of rotatable bonds is 6. The quantitative estimate of drug-likeness (QED) is 0.613. The normalized spacial score (nSPS) is 16.8. The van der Waals surface area contributed by atoms with Gasteiger partial charge in [-0.1, -0.05) is 54.1 Å². The van der Waals surface area contributed by atoms with Crippen LogP contribution < -0.4 is 0 Å². The summed E-state index contributed by atoms with van der Waals surface area (Å²) in [4.78, 5) is 0. The summed E-state index contributed by atoms with van der Waals surface area (Å²) < 4.78 is 30.6. The lowest BCUT2D eigenvalue weighted by Gasteiger charge is -2.31. The van der Waals surface area contributed by atoms with Crippen LogP contribution in [0, 0.1) is 6.92 Å². The lowest BCUT2D eigenvalue weighted by atomic mass is 10.0. The van der Waals surface area contributed by atoms with Gasteiger partial charge >= 0.3 is 7.60 Å². The van der Waals surface area contributed by atoms with E-state index in [1.54, 1.807) is 13.8 Å². The van der Waals surface area contributed by atoms with Crippen LogP contribution in [-0.4, -0.2) is 13.2 Å². The minimum Gasteiger partial charge on any atom is -0.472 e. The molecule has 3 rings (SSSR count). The molecular weight excluding hydrogens is 335 g/mol. The fourth-order valence-corrected chi connectivity index (χ4v) is 4.75. The van der Waals surface area contributed by atoms with Crippen LogP contribution in [0.4, 0.5) is 0 Å². The predicted octanol–water partition coefficient (Wildman–Crippen LogP) is 5.79. The maximum Gasteiger partial charge on any atom is 0.375 e. The molecule has 0 aromatic heterocycles. The monoisotopic (exact) mass is 358 g/mol. The van der Waals surface area contributed by atoms with Crippen LogP contribution in [0.3, 0.4) is 0 Å². The summed E-state index contributed by atoms with van der Waals surface area (Å²) in [5, 5.41) is 0. The smallest absolute Gasteiger partial charge is 0.375 e.